The molecule has 2 rings (SSSR count). The zero-order chi connectivity index (χ0) is 8.77. The van der Waals surface area contributed by atoms with Crippen LogP contribution in [0.1, 0.15) is 12.8 Å². The van der Waals surface area contributed by atoms with Crippen LogP contribution in [0.4, 0.5) is 0 Å². The number of hydrogen-bond acceptors (Lipinski definition) is 3. The second-order valence-corrected chi connectivity index (χ2v) is 3.82. The summed E-state index contributed by atoms with van der Waals surface area (Å²) in [5.74, 6) is -0.188. The van der Waals surface area contributed by atoms with Crippen LogP contribution in [0, 0.1) is 5.41 Å². The topological polar surface area (TPSA) is 49.4 Å². The van der Waals surface area contributed by atoms with E-state index in [0.717, 1.165) is 19.5 Å². The summed E-state index contributed by atoms with van der Waals surface area (Å²) in [6.45, 7) is 1.64. The molecule has 2 heterocycles. The Bertz CT molecular complexity index is 251. The molecule has 2 aliphatic rings. The first-order valence-corrected chi connectivity index (χ1v) is 4.15. The highest BCUT2D eigenvalue weighted by Crippen LogP contribution is 2.36. The summed E-state index contributed by atoms with van der Waals surface area (Å²) in [7, 11) is 1.98. The SMILES string of the molecule is CN1CC[C@@]2(CC(=O)NC2=O)C1. The van der Waals surface area contributed by atoms with Crippen molar-refractivity contribution < 1.29 is 9.59 Å². The Kier molecular flexibility index (Phi) is 1.48. The number of nitrogens with zero attached hydrogens (tertiary/aromatic N) is 1. The second-order valence-electron chi connectivity index (χ2n) is 3.82. The molecule has 2 aliphatic heterocycles. The van der Waals surface area contributed by atoms with Crippen LogP contribution >= 0.6 is 0 Å². The molecular formula is C8H12N2O2. The largest absolute Gasteiger partial charge is 0.305 e. The lowest BCUT2D eigenvalue weighted by atomic mass is 9.85. The van der Waals surface area contributed by atoms with Gasteiger partial charge in [-0.05, 0) is 20.0 Å². The summed E-state index contributed by atoms with van der Waals surface area (Å²) in [4.78, 5) is 24.5. The molecule has 0 aromatic rings. The molecule has 0 bridgehead atoms. The molecule has 4 nitrogen and oxygen atoms in total. The third-order valence-electron chi connectivity index (χ3n) is 2.78. The molecule has 0 aromatic heterocycles. The average molecular weight is 168 g/mol. The Morgan fingerprint density at radius 3 is 2.67 bits per heavy atom. The van der Waals surface area contributed by atoms with Crippen LogP contribution in [0.3, 0.4) is 0 Å². The van der Waals surface area contributed by atoms with Crippen LogP contribution in [0.15, 0.2) is 0 Å². The van der Waals surface area contributed by atoms with Gasteiger partial charge in [0.15, 0.2) is 0 Å². The van der Waals surface area contributed by atoms with E-state index in [4.69, 9.17) is 0 Å². The quantitative estimate of drug-likeness (QED) is 0.489. The molecule has 0 unspecified atom stereocenters. The third kappa shape index (κ3) is 0.948. The molecule has 0 radical (unpaired) electrons. The van der Waals surface area contributed by atoms with Crippen LogP contribution in [0.25, 0.3) is 0 Å². The Hall–Kier alpha value is -0.900. The van der Waals surface area contributed by atoms with E-state index >= 15 is 0 Å². The molecule has 1 atom stereocenters. The van der Waals surface area contributed by atoms with E-state index in [1.165, 1.54) is 0 Å². The van der Waals surface area contributed by atoms with Crippen molar-refractivity contribution >= 4 is 11.8 Å². The molecule has 4 heteroatoms. The van der Waals surface area contributed by atoms with Crippen LogP contribution in [0.2, 0.25) is 0 Å². The van der Waals surface area contributed by atoms with Crippen molar-refractivity contribution in [2.24, 2.45) is 5.41 Å². The number of carbonyl (C=O) groups excluding carboxylic acids is 2. The Labute approximate surface area is 70.9 Å². The minimum atomic E-state index is -0.383. The standard InChI is InChI=1S/C8H12N2O2/c1-10-3-2-8(5-10)4-6(11)9-7(8)12/h2-5H2,1H3,(H,9,11,12)/t8-/m1/s1. The monoisotopic (exact) mass is 168 g/mol. The van der Waals surface area contributed by atoms with Gasteiger partial charge in [-0.2, -0.15) is 0 Å². The van der Waals surface area contributed by atoms with Gasteiger partial charge in [-0.25, -0.2) is 0 Å². The lowest BCUT2D eigenvalue weighted by Gasteiger charge is -2.17. The molecule has 0 saturated carbocycles. The molecule has 2 amide bonds. The smallest absolute Gasteiger partial charge is 0.234 e. The van der Waals surface area contributed by atoms with Gasteiger partial charge in [0.1, 0.15) is 0 Å². The number of imide groups is 1. The summed E-state index contributed by atoms with van der Waals surface area (Å²) in [5, 5.41) is 2.37. The average Bonchev–Trinajstić information content (AvgIpc) is 2.43. The van der Waals surface area contributed by atoms with Crippen molar-refractivity contribution in [3.8, 4) is 0 Å². The summed E-state index contributed by atoms with van der Waals surface area (Å²) in [6, 6.07) is 0. The maximum Gasteiger partial charge on any atom is 0.234 e. The van der Waals surface area contributed by atoms with Crippen molar-refractivity contribution in [1.29, 1.82) is 0 Å². The predicted molar refractivity (Wildman–Crippen MR) is 42.3 cm³/mol. The van der Waals surface area contributed by atoms with Gasteiger partial charge in [-0.15, -0.1) is 0 Å². The van der Waals surface area contributed by atoms with Crippen LogP contribution in [-0.4, -0.2) is 36.9 Å². The molecule has 0 aromatic carbocycles. The van der Waals surface area contributed by atoms with Gasteiger partial charge in [0.25, 0.3) is 0 Å². The number of nitrogens with one attached hydrogen (secondary N) is 1. The van der Waals surface area contributed by atoms with Crippen LogP contribution < -0.4 is 5.32 Å². The van der Waals surface area contributed by atoms with Crippen molar-refractivity contribution in [1.82, 2.24) is 10.2 Å². The molecule has 1 spiro atoms. The minimum absolute atomic E-state index is 0.0724. The fraction of sp³-hybridized carbons (Fsp3) is 0.750. The third-order valence-corrected chi connectivity index (χ3v) is 2.78. The second kappa shape index (κ2) is 2.29. The van der Waals surface area contributed by atoms with Crippen LogP contribution in [-0.2, 0) is 9.59 Å². The van der Waals surface area contributed by atoms with Gasteiger partial charge in [-0.3, -0.25) is 14.9 Å². The highest BCUT2D eigenvalue weighted by Gasteiger charge is 2.49. The molecule has 1 N–H and O–H groups in total. The summed E-state index contributed by atoms with van der Waals surface area (Å²) in [5.41, 5.74) is -0.383. The van der Waals surface area contributed by atoms with Crippen molar-refractivity contribution in [2.75, 3.05) is 20.1 Å². The number of hydrogen-bond donors (Lipinski definition) is 1. The highest BCUT2D eigenvalue weighted by atomic mass is 16.2. The summed E-state index contributed by atoms with van der Waals surface area (Å²) in [6.07, 6.45) is 1.21. The molecular weight excluding hydrogens is 156 g/mol. The Balaban J connectivity index is 2.22. The highest BCUT2D eigenvalue weighted by molar-refractivity contribution is 6.06. The molecule has 66 valence electrons. The molecule has 0 aliphatic carbocycles. The predicted octanol–water partition coefficient (Wildman–Crippen LogP) is -0.645. The number of likely N-dealkylation sites (tertiary alicyclic amines) is 1. The van der Waals surface area contributed by atoms with E-state index in [0.29, 0.717) is 6.42 Å². The molecule has 12 heavy (non-hydrogen) atoms. The first kappa shape index (κ1) is 7.73. The van der Waals surface area contributed by atoms with Crippen molar-refractivity contribution in [2.45, 2.75) is 12.8 Å². The molecule has 2 saturated heterocycles. The van der Waals surface area contributed by atoms with E-state index in [1.54, 1.807) is 0 Å². The van der Waals surface area contributed by atoms with Gasteiger partial charge in [0.05, 0.1) is 5.41 Å². The number of amides is 2. The first-order valence-electron chi connectivity index (χ1n) is 4.15. The summed E-state index contributed by atoms with van der Waals surface area (Å²) >= 11 is 0. The van der Waals surface area contributed by atoms with Gasteiger partial charge in [0.2, 0.25) is 11.8 Å². The van der Waals surface area contributed by atoms with Gasteiger partial charge in [0, 0.05) is 13.0 Å². The van der Waals surface area contributed by atoms with E-state index in [9.17, 15) is 9.59 Å². The van der Waals surface area contributed by atoms with Gasteiger partial charge in [-0.1, -0.05) is 0 Å². The van der Waals surface area contributed by atoms with E-state index in [1.807, 2.05) is 7.05 Å². The van der Waals surface area contributed by atoms with E-state index in [-0.39, 0.29) is 17.2 Å². The van der Waals surface area contributed by atoms with Gasteiger partial charge < -0.3 is 4.90 Å². The normalized spacial score (nSPS) is 36.4. The Morgan fingerprint density at radius 2 is 2.25 bits per heavy atom. The lowest BCUT2D eigenvalue weighted by Crippen LogP contribution is -2.33. The van der Waals surface area contributed by atoms with Gasteiger partial charge >= 0.3 is 0 Å². The number of carbonyl (C=O) groups is 2. The van der Waals surface area contributed by atoms with Crippen molar-refractivity contribution in [3.63, 3.8) is 0 Å². The van der Waals surface area contributed by atoms with E-state index in [2.05, 4.69) is 10.2 Å². The zero-order valence-electron chi connectivity index (χ0n) is 7.09. The van der Waals surface area contributed by atoms with E-state index < -0.39 is 0 Å². The maximum absolute atomic E-state index is 11.4. The Morgan fingerprint density at radius 1 is 1.50 bits per heavy atom. The van der Waals surface area contributed by atoms with Crippen LogP contribution in [0.5, 0.6) is 0 Å². The maximum atomic E-state index is 11.4. The minimum Gasteiger partial charge on any atom is -0.305 e. The van der Waals surface area contributed by atoms with Crippen molar-refractivity contribution in [3.05, 3.63) is 0 Å². The zero-order valence-corrected chi connectivity index (χ0v) is 7.09. The number of rotatable bonds is 0. The fourth-order valence-electron chi connectivity index (χ4n) is 2.10. The lowest BCUT2D eigenvalue weighted by molar-refractivity contribution is -0.128. The molecule has 2 fully saturated rings. The first-order chi connectivity index (χ1) is 5.62. The summed E-state index contributed by atoms with van der Waals surface area (Å²) < 4.78 is 0. The fourth-order valence-corrected chi connectivity index (χ4v) is 2.10.